The molecule has 1 aromatic heterocycles. The lowest BCUT2D eigenvalue weighted by molar-refractivity contribution is -0.278. The van der Waals surface area contributed by atoms with Crippen molar-refractivity contribution < 1.29 is 79.5 Å². The lowest BCUT2D eigenvalue weighted by atomic mass is 9.99. The van der Waals surface area contributed by atoms with E-state index >= 15 is 0 Å². The van der Waals surface area contributed by atoms with E-state index in [0.717, 1.165) is 24.3 Å². The third-order valence-electron chi connectivity index (χ3n) is 7.34. The molecule has 17 heteroatoms. The van der Waals surface area contributed by atoms with Crippen molar-refractivity contribution in [3.8, 4) is 40.1 Å². The fraction of sp³-hybridized carbons (Fsp3) is 0.444. The van der Waals surface area contributed by atoms with Gasteiger partial charge in [-0.3, -0.25) is 4.79 Å². The van der Waals surface area contributed by atoms with Crippen LogP contribution in [0.1, 0.15) is 0 Å². The summed E-state index contributed by atoms with van der Waals surface area (Å²) < 4.78 is 27.8. The van der Waals surface area contributed by atoms with Gasteiger partial charge in [0.2, 0.25) is 23.8 Å². The average Bonchev–Trinajstić information content (AvgIpc) is 3.00. The van der Waals surface area contributed by atoms with Crippen LogP contribution in [0, 0.1) is 0 Å². The molecule has 0 amide bonds. The third kappa shape index (κ3) is 5.61. The molecule has 0 radical (unpaired) electrons. The summed E-state index contributed by atoms with van der Waals surface area (Å²) in [5.74, 6) is -3.34. The predicted molar refractivity (Wildman–Crippen MR) is 142 cm³/mol. The zero-order chi connectivity index (χ0) is 32.0. The number of phenolic OH excluding ortho intramolecular Hbond substituents is 2. The van der Waals surface area contributed by atoms with E-state index in [0.29, 0.717) is 0 Å². The molecule has 240 valence electrons. The molecule has 2 aromatic carbocycles. The normalized spacial score (nSPS) is 32.5. The van der Waals surface area contributed by atoms with Crippen LogP contribution >= 0.6 is 0 Å². The van der Waals surface area contributed by atoms with Crippen LogP contribution in [-0.2, 0) is 9.47 Å². The maximum absolute atomic E-state index is 13.4. The maximum atomic E-state index is 13.4. The molecule has 0 unspecified atom stereocenters. The van der Waals surface area contributed by atoms with Crippen molar-refractivity contribution >= 4 is 11.0 Å². The first-order chi connectivity index (χ1) is 20.9. The van der Waals surface area contributed by atoms with Crippen LogP contribution in [-0.4, -0.2) is 131 Å². The Kier molecular flexibility index (Phi) is 8.87. The molecule has 2 aliphatic heterocycles. The van der Waals surface area contributed by atoms with Crippen molar-refractivity contribution in [3.05, 3.63) is 40.6 Å². The fourth-order valence-electron chi connectivity index (χ4n) is 4.86. The standard InChI is InChI=1S/C27H30O17/c28-6-14-17(32)20(35)23(38)26(43-14)40-9-4-12-16(13(5-9)42-27-24(39)21(36)18(33)15(7-29)44-27)19(34)22(37)25(41-12)8-1-2-10(30)11(31)3-8/h1-5,14-15,17-18,20-21,23-24,26-33,35-39H,6-7H2/t14-,15-,17-,18-,20+,21+,23-,24-,26-,27-/m1/s1. The summed E-state index contributed by atoms with van der Waals surface area (Å²) in [6, 6.07) is 5.38. The second kappa shape index (κ2) is 12.3. The molecule has 10 atom stereocenters. The minimum atomic E-state index is -1.92. The van der Waals surface area contributed by atoms with E-state index < -0.39 is 114 Å². The van der Waals surface area contributed by atoms with Crippen molar-refractivity contribution in [2.75, 3.05) is 13.2 Å². The van der Waals surface area contributed by atoms with Crippen LogP contribution in [0.3, 0.4) is 0 Å². The molecule has 2 aliphatic rings. The van der Waals surface area contributed by atoms with Crippen molar-refractivity contribution in [2.45, 2.75) is 61.4 Å². The van der Waals surface area contributed by atoms with Crippen molar-refractivity contribution in [1.29, 1.82) is 0 Å². The van der Waals surface area contributed by atoms with Gasteiger partial charge in [-0.1, -0.05) is 0 Å². The number of aliphatic hydroxyl groups excluding tert-OH is 8. The highest BCUT2D eigenvalue weighted by molar-refractivity contribution is 5.88. The summed E-state index contributed by atoms with van der Waals surface area (Å²) in [5, 5.41) is 110. The van der Waals surface area contributed by atoms with Gasteiger partial charge in [-0.2, -0.15) is 0 Å². The quantitative estimate of drug-likeness (QED) is 0.116. The van der Waals surface area contributed by atoms with E-state index in [1.54, 1.807) is 0 Å². The molecule has 44 heavy (non-hydrogen) atoms. The number of aliphatic hydroxyl groups is 8. The first-order valence-electron chi connectivity index (χ1n) is 13.2. The summed E-state index contributed by atoms with van der Waals surface area (Å²) in [6.45, 7) is -1.55. The Morgan fingerprint density at radius 3 is 1.80 bits per heavy atom. The Morgan fingerprint density at radius 1 is 0.682 bits per heavy atom. The number of hydrogen-bond acceptors (Lipinski definition) is 17. The van der Waals surface area contributed by atoms with Gasteiger partial charge < -0.3 is 79.5 Å². The lowest BCUT2D eigenvalue weighted by Gasteiger charge is -2.40. The number of phenols is 2. The van der Waals surface area contributed by atoms with Gasteiger partial charge in [0.05, 0.1) is 13.2 Å². The summed E-state index contributed by atoms with van der Waals surface area (Å²) in [6.07, 6.45) is -17.1. The third-order valence-corrected chi connectivity index (χ3v) is 7.34. The second-order valence-corrected chi connectivity index (χ2v) is 10.2. The van der Waals surface area contributed by atoms with Crippen molar-refractivity contribution in [3.63, 3.8) is 0 Å². The van der Waals surface area contributed by atoms with Crippen LogP contribution in [0.4, 0.5) is 0 Å². The number of aromatic hydroxyl groups is 3. The predicted octanol–water partition coefficient (Wildman–Crippen LogP) is -3.07. The van der Waals surface area contributed by atoms with E-state index in [9.17, 15) is 61.0 Å². The molecule has 3 heterocycles. The number of benzene rings is 2. The van der Waals surface area contributed by atoms with Crippen LogP contribution in [0.2, 0.25) is 0 Å². The molecule has 2 fully saturated rings. The summed E-state index contributed by atoms with van der Waals surface area (Å²) >= 11 is 0. The number of ether oxygens (including phenoxy) is 4. The molecule has 0 saturated carbocycles. The Hall–Kier alpha value is -3.75. The lowest BCUT2D eigenvalue weighted by Crippen LogP contribution is -2.60. The highest BCUT2D eigenvalue weighted by Crippen LogP contribution is 2.40. The van der Waals surface area contributed by atoms with Gasteiger partial charge >= 0.3 is 0 Å². The van der Waals surface area contributed by atoms with E-state index in [-0.39, 0.29) is 16.9 Å². The molecule has 0 aliphatic carbocycles. The highest BCUT2D eigenvalue weighted by Gasteiger charge is 2.46. The van der Waals surface area contributed by atoms with E-state index in [4.69, 9.17) is 23.4 Å². The van der Waals surface area contributed by atoms with Gasteiger partial charge in [0, 0.05) is 17.7 Å². The monoisotopic (exact) mass is 626 g/mol. The minimum Gasteiger partial charge on any atom is -0.504 e. The Morgan fingerprint density at radius 2 is 1.25 bits per heavy atom. The first kappa shape index (κ1) is 31.7. The molecule has 11 N–H and O–H groups in total. The van der Waals surface area contributed by atoms with Gasteiger partial charge in [0.25, 0.3) is 0 Å². The summed E-state index contributed by atoms with van der Waals surface area (Å²) in [7, 11) is 0. The topological polar surface area (TPSA) is 290 Å². The minimum absolute atomic E-state index is 0.0477. The van der Waals surface area contributed by atoms with Gasteiger partial charge in [-0.05, 0) is 18.2 Å². The molecular weight excluding hydrogens is 596 g/mol. The molecule has 5 rings (SSSR count). The van der Waals surface area contributed by atoms with Gasteiger partial charge in [0.1, 0.15) is 71.3 Å². The zero-order valence-corrected chi connectivity index (χ0v) is 22.4. The molecule has 17 nitrogen and oxygen atoms in total. The molecule has 3 aromatic rings. The second-order valence-electron chi connectivity index (χ2n) is 10.2. The highest BCUT2D eigenvalue weighted by atomic mass is 16.7. The Bertz CT molecular complexity index is 1550. The van der Waals surface area contributed by atoms with Gasteiger partial charge in [0.15, 0.2) is 17.3 Å². The number of fused-ring (bicyclic) bond motifs is 1. The van der Waals surface area contributed by atoms with Gasteiger partial charge in [-0.15, -0.1) is 0 Å². The fourth-order valence-corrected chi connectivity index (χ4v) is 4.86. The largest absolute Gasteiger partial charge is 0.504 e. The first-order valence-corrected chi connectivity index (χ1v) is 13.2. The van der Waals surface area contributed by atoms with Gasteiger partial charge in [-0.25, -0.2) is 0 Å². The Balaban J connectivity index is 1.63. The van der Waals surface area contributed by atoms with Crippen LogP contribution in [0.15, 0.2) is 39.5 Å². The maximum Gasteiger partial charge on any atom is 0.238 e. The summed E-state index contributed by atoms with van der Waals surface area (Å²) in [4.78, 5) is 13.4. The zero-order valence-electron chi connectivity index (χ0n) is 22.4. The van der Waals surface area contributed by atoms with Crippen molar-refractivity contribution in [2.24, 2.45) is 0 Å². The number of rotatable bonds is 7. The van der Waals surface area contributed by atoms with Crippen LogP contribution in [0.5, 0.6) is 28.7 Å². The van der Waals surface area contributed by atoms with E-state index in [2.05, 4.69) is 0 Å². The Labute approximate surface area is 246 Å². The SMILES string of the molecule is O=c1c(O)c(-c2ccc(O)c(O)c2)oc2cc(O[C@@H]3O[C@H](CO)[C@@H](O)[C@H](O)[C@H]3O)cc(O[C@@H]3O[C@H](CO)[C@@H](O)[C@H](O)[C@H]3O)c12. The van der Waals surface area contributed by atoms with E-state index in [1.165, 1.54) is 6.07 Å². The van der Waals surface area contributed by atoms with Crippen molar-refractivity contribution in [1.82, 2.24) is 0 Å². The van der Waals surface area contributed by atoms with Crippen LogP contribution < -0.4 is 14.9 Å². The average molecular weight is 627 g/mol. The molecule has 2 saturated heterocycles. The number of hydrogen-bond donors (Lipinski definition) is 11. The molecular formula is C27H30O17. The van der Waals surface area contributed by atoms with Crippen LogP contribution in [0.25, 0.3) is 22.3 Å². The smallest absolute Gasteiger partial charge is 0.238 e. The molecule has 0 spiro atoms. The molecule has 0 bridgehead atoms. The summed E-state index contributed by atoms with van der Waals surface area (Å²) in [5.41, 5.74) is -1.52. The van der Waals surface area contributed by atoms with E-state index in [1.807, 2.05) is 0 Å².